The molecule has 0 aliphatic carbocycles. The van der Waals surface area contributed by atoms with Gasteiger partial charge in [-0.3, -0.25) is 0 Å². The largest absolute Gasteiger partial charge is 0.490 e. The fourth-order valence-corrected chi connectivity index (χ4v) is 1.58. The van der Waals surface area contributed by atoms with Crippen molar-refractivity contribution in [2.24, 2.45) is 0 Å². The van der Waals surface area contributed by atoms with Crippen LogP contribution in [-0.2, 0) is 4.79 Å². The maximum Gasteiger partial charge on any atom is 0.341 e. The van der Waals surface area contributed by atoms with Crippen LogP contribution in [0.2, 0.25) is 0 Å². The monoisotopic (exact) mass is 314 g/mol. The van der Waals surface area contributed by atoms with Crippen LogP contribution in [0.5, 0.6) is 11.5 Å². The maximum absolute atomic E-state index is 10.6. The number of hydrogen-bond acceptors (Lipinski definition) is 3. The first-order valence-electron chi connectivity index (χ1n) is 5.52. The number of ether oxygens (including phenoxy) is 2. The zero-order valence-corrected chi connectivity index (χ0v) is 11.6. The van der Waals surface area contributed by atoms with Gasteiger partial charge >= 0.3 is 5.97 Å². The summed E-state index contributed by atoms with van der Waals surface area (Å²) < 4.78 is 10.7. The molecule has 18 heavy (non-hydrogen) atoms. The molecular formula is C13H15BrO4. The minimum atomic E-state index is -1.02. The number of rotatable bonds is 7. The van der Waals surface area contributed by atoms with Crippen LogP contribution >= 0.6 is 15.9 Å². The van der Waals surface area contributed by atoms with E-state index in [1.165, 1.54) is 0 Å². The highest BCUT2D eigenvalue weighted by molar-refractivity contribution is 9.09. The highest BCUT2D eigenvalue weighted by Crippen LogP contribution is 2.32. The van der Waals surface area contributed by atoms with E-state index in [-0.39, 0.29) is 6.61 Å². The van der Waals surface area contributed by atoms with Gasteiger partial charge in [0, 0.05) is 10.9 Å². The topological polar surface area (TPSA) is 55.8 Å². The van der Waals surface area contributed by atoms with Gasteiger partial charge in [-0.25, -0.2) is 4.79 Å². The molecule has 0 saturated carbocycles. The number of aliphatic carboxylic acids is 1. The predicted molar refractivity (Wildman–Crippen MR) is 73.6 cm³/mol. The fourth-order valence-electron chi connectivity index (χ4n) is 1.39. The Bertz CT molecular complexity index is 429. The number of benzene rings is 1. The van der Waals surface area contributed by atoms with Gasteiger partial charge in [-0.1, -0.05) is 40.2 Å². The highest BCUT2D eigenvalue weighted by atomic mass is 79.9. The molecule has 1 aromatic carbocycles. The van der Waals surface area contributed by atoms with Crippen molar-refractivity contribution in [3.05, 3.63) is 29.8 Å². The van der Waals surface area contributed by atoms with Crippen LogP contribution < -0.4 is 9.47 Å². The van der Waals surface area contributed by atoms with Gasteiger partial charge in [0.05, 0.1) is 6.61 Å². The van der Waals surface area contributed by atoms with Crippen LogP contribution in [0.4, 0.5) is 0 Å². The first kappa shape index (κ1) is 14.6. The lowest BCUT2D eigenvalue weighted by molar-refractivity contribution is -0.139. The van der Waals surface area contributed by atoms with E-state index in [4.69, 9.17) is 14.6 Å². The van der Waals surface area contributed by atoms with Gasteiger partial charge < -0.3 is 14.6 Å². The Morgan fingerprint density at radius 3 is 2.83 bits per heavy atom. The van der Waals surface area contributed by atoms with Gasteiger partial charge in [0.1, 0.15) is 0 Å². The number of para-hydroxylation sites is 1. The summed E-state index contributed by atoms with van der Waals surface area (Å²) >= 11 is 3.29. The molecule has 0 aromatic heterocycles. The van der Waals surface area contributed by atoms with Gasteiger partial charge in [-0.15, -0.1) is 0 Å². The fraction of sp³-hybridized carbons (Fsp3) is 0.308. The third-order valence-electron chi connectivity index (χ3n) is 2.04. The van der Waals surface area contributed by atoms with Crippen molar-refractivity contribution in [2.45, 2.75) is 6.92 Å². The van der Waals surface area contributed by atoms with E-state index in [9.17, 15) is 4.79 Å². The first-order valence-corrected chi connectivity index (χ1v) is 6.64. The van der Waals surface area contributed by atoms with Gasteiger partial charge in [0.25, 0.3) is 0 Å². The molecule has 0 fully saturated rings. The second kappa shape index (κ2) is 7.76. The smallest absolute Gasteiger partial charge is 0.341 e. The van der Waals surface area contributed by atoms with Crippen molar-refractivity contribution < 1.29 is 19.4 Å². The van der Waals surface area contributed by atoms with Gasteiger partial charge in [0.15, 0.2) is 18.1 Å². The standard InChI is InChI=1S/C13H15BrO4/c1-2-17-11-7-3-5-10(6-4-8-14)13(11)18-9-12(15)16/h3-7H,2,8-9H2,1H3,(H,15,16). The Balaban J connectivity index is 3.03. The normalized spacial score (nSPS) is 10.6. The zero-order chi connectivity index (χ0) is 13.4. The van der Waals surface area contributed by atoms with E-state index in [1.54, 1.807) is 6.07 Å². The van der Waals surface area contributed by atoms with E-state index in [1.807, 2.05) is 31.2 Å². The van der Waals surface area contributed by atoms with Crippen LogP contribution in [0.15, 0.2) is 24.3 Å². The average Bonchev–Trinajstić information content (AvgIpc) is 2.35. The third kappa shape index (κ3) is 4.41. The molecule has 0 bridgehead atoms. The van der Waals surface area contributed by atoms with Crippen molar-refractivity contribution in [3.8, 4) is 11.5 Å². The minimum absolute atomic E-state index is 0.390. The summed E-state index contributed by atoms with van der Waals surface area (Å²) in [5.41, 5.74) is 0.793. The zero-order valence-electron chi connectivity index (χ0n) is 10.1. The SMILES string of the molecule is CCOc1cccc(C=CCBr)c1OCC(=O)O. The Hall–Kier alpha value is -1.49. The number of alkyl halides is 1. The summed E-state index contributed by atoms with van der Waals surface area (Å²) in [4.78, 5) is 10.6. The van der Waals surface area contributed by atoms with Crippen molar-refractivity contribution in [1.82, 2.24) is 0 Å². The molecule has 0 amide bonds. The predicted octanol–water partition coefficient (Wildman–Crippen LogP) is 2.96. The molecule has 4 nitrogen and oxygen atoms in total. The summed E-state index contributed by atoms with van der Waals surface area (Å²) in [6, 6.07) is 5.44. The van der Waals surface area contributed by atoms with Gasteiger partial charge in [-0.2, -0.15) is 0 Å². The minimum Gasteiger partial charge on any atom is -0.490 e. The van der Waals surface area contributed by atoms with Gasteiger partial charge in [-0.05, 0) is 13.0 Å². The molecule has 0 aliphatic rings. The number of carboxylic acids is 1. The van der Waals surface area contributed by atoms with E-state index in [0.29, 0.717) is 23.4 Å². The quantitative estimate of drug-likeness (QED) is 0.786. The summed E-state index contributed by atoms with van der Waals surface area (Å²) in [6.07, 6.45) is 3.76. The Morgan fingerprint density at radius 1 is 1.44 bits per heavy atom. The molecule has 0 unspecified atom stereocenters. The van der Waals surface area contributed by atoms with Crippen LogP contribution in [0.3, 0.4) is 0 Å². The van der Waals surface area contributed by atoms with Crippen molar-refractivity contribution in [2.75, 3.05) is 18.5 Å². The summed E-state index contributed by atoms with van der Waals surface area (Å²) in [5.74, 6) is -0.00820. The van der Waals surface area contributed by atoms with Crippen LogP contribution in [0.25, 0.3) is 6.08 Å². The number of hydrogen-bond donors (Lipinski definition) is 1. The van der Waals surface area contributed by atoms with Crippen molar-refractivity contribution in [3.63, 3.8) is 0 Å². The lowest BCUT2D eigenvalue weighted by atomic mass is 10.1. The molecular weight excluding hydrogens is 300 g/mol. The molecule has 0 atom stereocenters. The highest BCUT2D eigenvalue weighted by Gasteiger charge is 2.10. The number of halogens is 1. The number of carboxylic acid groups (broad SMARTS) is 1. The molecule has 5 heteroatoms. The van der Waals surface area contributed by atoms with Crippen molar-refractivity contribution >= 4 is 28.0 Å². The molecule has 0 saturated heterocycles. The average molecular weight is 315 g/mol. The Kier molecular flexibility index (Phi) is 6.28. The van der Waals surface area contributed by atoms with E-state index in [0.717, 1.165) is 5.56 Å². The molecule has 0 aliphatic heterocycles. The van der Waals surface area contributed by atoms with E-state index in [2.05, 4.69) is 15.9 Å². The Morgan fingerprint density at radius 2 is 2.22 bits per heavy atom. The lowest BCUT2D eigenvalue weighted by Crippen LogP contribution is -2.11. The van der Waals surface area contributed by atoms with E-state index < -0.39 is 5.97 Å². The first-order chi connectivity index (χ1) is 8.69. The van der Waals surface area contributed by atoms with Gasteiger partial charge in [0.2, 0.25) is 0 Å². The van der Waals surface area contributed by atoms with Crippen LogP contribution in [-0.4, -0.2) is 29.6 Å². The second-order valence-electron chi connectivity index (χ2n) is 3.35. The van der Waals surface area contributed by atoms with Crippen molar-refractivity contribution in [1.29, 1.82) is 0 Å². The summed E-state index contributed by atoms with van der Waals surface area (Å²) in [5, 5.41) is 9.38. The van der Waals surface area contributed by atoms with E-state index >= 15 is 0 Å². The molecule has 0 spiro atoms. The molecule has 1 N–H and O–H groups in total. The number of carbonyl (C=O) groups is 1. The number of allylic oxidation sites excluding steroid dienone is 1. The molecule has 1 rings (SSSR count). The third-order valence-corrected chi connectivity index (χ3v) is 2.41. The lowest BCUT2D eigenvalue weighted by Gasteiger charge is -2.13. The van der Waals surface area contributed by atoms with Crippen LogP contribution in [0, 0.1) is 0 Å². The maximum atomic E-state index is 10.6. The Labute approximate surface area is 114 Å². The summed E-state index contributed by atoms with van der Waals surface area (Å²) in [6.45, 7) is 1.97. The molecule has 1 aromatic rings. The molecule has 0 heterocycles. The second-order valence-corrected chi connectivity index (χ2v) is 3.99. The molecule has 0 radical (unpaired) electrons. The summed E-state index contributed by atoms with van der Waals surface area (Å²) in [7, 11) is 0. The molecule has 98 valence electrons. The van der Waals surface area contributed by atoms with Crippen LogP contribution in [0.1, 0.15) is 12.5 Å².